The molecule has 0 aromatic heterocycles. The minimum atomic E-state index is -0.265. The van der Waals surface area contributed by atoms with Crippen molar-refractivity contribution in [3.63, 3.8) is 0 Å². The molecule has 0 saturated carbocycles. The Labute approximate surface area is 89.7 Å². The second kappa shape index (κ2) is 4.03. The van der Waals surface area contributed by atoms with E-state index in [0.717, 1.165) is 19.5 Å². The van der Waals surface area contributed by atoms with Crippen LogP contribution in [0.1, 0.15) is 18.1 Å². The first-order valence-corrected chi connectivity index (χ1v) is 5.14. The summed E-state index contributed by atoms with van der Waals surface area (Å²) >= 11 is 0. The van der Waals surface area contributed by atoms with E-state index in [1.165, 1.54) is 18.1 Å². The zero-order valence-electron chi connectivity index (χ0n) is 9.12. The van der Waals surface area contributed by atoms with Gasteiger partial charge in [0.1, 0.15) is 5.75 Å². The van der Waals surface area contributed by atoms with E-state index in [2.05, 4.69) is 18.0 Å². The van der Waals surface area contributed by atoms with Crippen molar-refractivity contribution in [3.05, 3.63) is 29.3 Å². The standard InChI is InChI=1S/C12H15NO2/c1-9(14)15-12-4-3-10-5-6-13(2)8-11(10)7-12/h3-4,7H,5-6,8H2,1-2H3. The summed E-state index contributed by atoms with van der Waals surface area (Å²) in [6.45, 7) is 3.45. The molecule has 80 valence electrons. The van der Waals surface area contributed by atoms with Crippen LogP contribution in [-0.2, 0) is 17.8 Å². The Kier molecular flexibility index (Phi) is 2.73. The molecule has 0 amide bonds. The van der Waals surface area contributed by atoms with Crippen LogP contribution in [0.2, 0.25) is 0 Å². The summed E-state index contributed by atoms with van der Waals surface area (Å²) in [5.74, 6) is 0.385. The number of likely N-dealkylation sites (N-methyl/N-ethyl adjacent to an activating group) is 1. The maximum Gasteiger partial charge on any atom is 0.308 e. The van der Waals surface area contributed by atoms with Gasteiger partial charge in [-0.05, 0) is 36.7 Å². The van der Waals surface area contributed by atoms with Gasteiger partial charge in [-0.1, -0.05) is 6.07 Å². The summed E-state index contributed by atoms with van der Waals surface area (Å²) in [4.78, 5) is 13.1. The molecule has 3 nitrogen and oxygen atoms in total. The van der Waals surface area contributed by atoms with Gasteiger partial charge in [0.25, 0.3) is 0 Å². The van der Waals surface area contributed by atoms with Crippen LogP contribution in [0.5, 0.6) is 5.75 Å². The summed E-state index contributed by atoms with van der Waals surface area (Å²) in [5.41, 5.74) is 2.63. The number of hydrogen-bond acceptors (Lipinski definition) is 3. The largest absolute Gasteiger partial charge is 0.427 e. The summed E-state index contributed by atoms with van der Waals surface area (Å²) < 4.78 is 5.06. The molecule has 1 heterocycles. The van der Waals surface area contributed by atoms with E-state index in [1.807, 2.05) is 12.1 Å². The Hall–Kier alpha value is -1.35. The van der Waals surface area contributed by atoms with E-state index in [4.69, 9.17) is 4.74 Å². The van der Waals surface area contributed by atoms with E-state index in [9.17, 15) is 4.79 Å². The molecule has 2 rings (SSSR count). The van der Waals surface area contributed by atoms with Gasteiger partial charge in [-0.25, -0.2) is 0 Å². The quantitative estimate of drug-likeness (QED) is 0.515. The number of nitrogens with zero attached hydrogens (tertiary/aromatic N) is 1. The third-order valence-corrected chi connectivity index (χ3v) is 2.64. The lowest BCUT2D eigenvalue weighted by atomic mass is 10.00. The van der Waals surface area contributed by atoms with Crippen molar-refractivity contribution >= 4 is 5.97 Å². The molecule has 1 aliphatic rings. The van der Waals surface area contributed by atoms with Crippen molar-refractivity contribution in [1.82, 2.24) is 4.90 Å². The van der Waals surface area contributed by atoms with Crippen molar-refractivity contribution in [2.24, 2.45) is 0 Å². The molecule has 0 spiro atoms. The van der Waals surface area contributed by atoms with Crippen LogP contribution in [0.3, 0.4) is 0 Å². The Morgan fingerprint density at radius 2 is 2.20 bits per heavy atom. The highest BCUT2D eigenvalue weighted by atomic mass is 16.5. The minimum Gasteiger partial charge on any atom is -0.427 e. The summed E-state index contributed by atoms with van der Waals surface area (Å²) in [5, 5.41) is 0. The maximum atomic E-state index is 10.8. The topological polar surface area (TPSA) is 29.5 Å². The molecule has 0 aliphatic carbocycles. The first-order valence-electron chi connectivity index (χ1n) is 5.14. The normalized spacial score (nSPS) is 15.9. The van der Waals surface area contributed by atoms with Crippen molar-refractivity contribution in [2.75, 3.05) is 13.6 Å². The maximum absolute atomic E-state index is 10.8. The van der Waals surface area contributed by atoms with Crippen molar-refractivity contribution in [1.29, 1.82) is 0 Å². The zero-order valence-corrected chi connectivity index (χ0v) is 9.12. The smallest absolute Gasteiger partial charge is 0.308 e. The van der Waals surface area contributed by atoms with Gasteiger partial charge in [0.05, 0.1) is 0 Å². The highest BCUT2D eigenvalue weighted by Crippen LogP contribution is 2.23. The lowest BCUT2D eigenvalue weighted by Crippen LogP contribution is -2.26. The number of hydrogen-bond donors (Lipinski definition) is 0. The van der Waals surface area contributed by atoms with E-state index in [-0.39, 0.29) is 5.97 Å². The van der Waals surface area contributed by atoms with E-state index in [0.29, 0.717) is 5.75 Å². The molecule has 0 bridgehead atoms. The molecule has 1 aromatic carbocycles. The van der Waals surface area contributed by atoms with Gasteiger partial charge in [0, 0.05) is 20.0 Å². The van der Waals surface area contributed by atoms with Crippen LogP contribution in [0, 0.1) is 0 Å². The third-order valence-electron chi connectivity index (χ3n) is 2.64. The number of carbonyl (C=O) groups is 1. The summed E-state index contributed by atoms with van der Waals surface area (Å²) in [7, 11) is 2.10. The van der Waals surface area contributed by atoms with Gasteiger partial charge < -0.3 is 9.64 Å². The van der Waals surface area contributed by atoms with Crippen LogP contribution < -0.4 is 4.74 Å². The predicted octanol–water partition coefficient (Wildman–Crippen LogP) is 1.60. The van der Waals surface area contributed by atoms with Gasteiger partial charge in [-0.3, -0.25) is 4.79 Å². The van der Waals surface area contributed by atoms with Crippen LogP contribution in [0.4, 0.5) is 0 Å². The fourth-order valence-electron chi connectivity index (χ4n) is 1.90. The number of benzene rings is 1. The molecule has 0 saturated heterocycles. The molecule has 0 radical (unpaired) electrons. The highest BCUT2D eigenvalue weighted by Gasteiger charge is 2.13. The Morgan fingerprint density at radius 1 is 1.40 bits per heavy atom. The number of esters is 1. The van der Waals surface area contributed by atoms with Crippen LogP contribution in [0.15, 0.2) is 18.2 Å². The molecule has 15 heavy (non-hydrogen) atoms. The fourth-order valence-corrected chi connectivity index (χ4v) is 1.90. The molecule has 3 heteroatoms. The highest BCUT2D eigenvalue weighted by molar-refractivity contribution is 5.69. The number of carbonyl (C=O) groups excluding carboxylic acids is 1. The average Bonchev–Trinajstić information content (AvgIpc) is 2.16. The molecule has 0 unspecified atom stereocenters. The zero-order chi connectivity index (χ0) is 10.8. The molecule has 0 N–H and O–H groups in total. The first-order chi connectivity index (χ1) is 7.15. The van der Waals surface area contributed by atoms with Crippen molar-refractivity contribution in [2.45, 2.75) is 19.9 Å². The van der Waals surface area contributed by atoms with Gasteiger partial charge in [0.2, 0.25) is 0 Å². The molecular formula is C12H15NO2. The van der Waals surface area contributed by atoms with Gasteiger partial charge >= 0.3 is 5.97 Å². The molecule has 1 aromatic rings. The van der Waals surface area contributed by atoms with Crippen LogP contribution in [-0.4, -0.2) is 24.5 Å². The van der Waals surface area contributed by atoms with Gasteiger partial charge in [-0.2, -0.15) is 0 Å². The second-order valence-electron chi connectivity index (χ2n) is 4.01. The predicted molar refractivity (Wildman–Crippen MR) is 57.8 cm³/mol. The van der Waals surface area contributed by atoms with Gasteiger partial charge in [0.15, 0.2) is 0 Å². The number of ether oxygens (including phenoxy) is 1. The van der Waals surface area contributed by atoms with Crippen LogP contribution >= 0.6 is 0 Å². The van der Waals surface area contributed by atoms with E-state index < -0.39 is 0 Å². The molecule has 1 aliphatic heterocycles. The average molecular weight is 205 g/mol. The Balaban J connectivity index is 2.24. The first kappa shape index (κ1) is 10.2. The lowest BCUT2D eigenvalue weighted by molar-refractivity contribution is -0.131. The van der Waals surface area contributed by atoms with Gasteiger partial charge in [-0.15, -0.1) is 0 Å². The number of fused-ring (bicyclic) bond motifs is 1. The van der Waals surface area contributed by atoms with Crippen LogP contribution in [0.25, 0.3) is 0 Å². The molecular weight excluding hydrogens is 190 g/mol. The fraction of sp³-hybridized carbons (Fsp3) is 0.417. The third kappa shape index (κ3) is 2.36. The summed E-state index contributed by atoms with van der Waals surface area (Å²) in [6.07, 6.45) is 1.08. The minimum absolute atomic E-state index is 0.265. The molecule has 0 fully saturated rings. The van der Waals surface area contributed by atoms with E-state index in [1.54, 1.807) is 0 Å². The van der Waals surface area contributed by atoms with Crippen molar-refractivity contribution < 1.29 is 9.53 Å². The lowest BCUT2D eigenvalue weighted by Gasteiger charge is -2.25. The number of rotatable bonds is 1. The van der Waals surface area contributed by atoms with E-state index >= 15 is 0 Å². The monoisotopic (exact) mass is 205 g/mol. The molecule has 0 atom stereocenters. The summed E-state index contributed by atoms with van der Waals surface area (Å²) in [6, 6.07) is 5.89. The van der Waals surface area contributed by atoms with Crippen molar-refractivity contribution in [3.8, 4) is 5.75 Å². The Morgan fingerprint density at radius 3 is 2.93 bits per heavy atom. The SMILES string of the molecule is CC(=O)Oc1ccc2c(c1)CN(C)CC2. The second-order valence-corrected chi connectivity index (χ2v) is 4.01. The Bertz CT molecular complexity index is 387.